The topological polar surface area (TPSA) is 111 Å². The van der Waals surface area contributed by atoms with Crippen LogP contribution in [0.25, 0.3) is 0 Å². The van der Waals surface area contributed by atoms with Gasteiger partial charge in [0, 0.05) is 22.3 Å². The molecule has 0 fully saturated rings. The van der Waals surface area contributed by atoms with E-state index >= 15 is 0 Å². The fraction of sp³-hybridized carbons (Fsp3) is 0.174. The van der Waals surface area contributed by atoms with E-state index in [1.54, 1.807) is 66.8 Å². The second kappa shape index (κ2) is 10.0. The van der Waals surface area contributed by atoms with E-state index in [0.29, 0.717) is 29.3 Å². The van der Waals surface area contributed by atoms with Crippen molar-refractivity contribution in [1.29, 1.82) is 0 Å². The Labute approximate surface area is 194 Å². The fourth-order valence-electron chi connectivity index (χ4n) is 2.98. The number of carbonyl (C=O) groups is 2. The summed E-state index contributed by atoms with van der Waals surface area (Å²) in [7, 11) is 0. The van der Waals surface area contributed by atoms with E-state index in [2.05, 4.69) is 25.7 Å². The lowest BCUT2D eigenvalue weighted by molar-refractivity contribution is -0.119. The predicted octanol–water partition coefficient (Wildman–Crippen LogP) is 4.07. The van der Waals surface area contributed by atoms with Gasteiger partial charge in [-0.3, -0.25) is 9.59 Å². The number of ether oxygens (including phenoxy) is 1. The van der Waals surface area contributed by atoms with Gasteiger partial charge in [0.15, 0.2) is 0 Å². The molecule has 1 atom stereocenters. The van der Waals surface area contributed by atoms with Gasteiger partial charge in [-0.25, -0.2) is 14.6 Å². The highest BCUT2D eigenvalue weighted by molar-refractivity contribution is 7.09. The van der Waals surface area contributed by atoms with Gasteiger partial charge in [-0.05, 0) is 56.3 Å². The van der Waals surface area contributed by atoms with Gasteiger partial charge in [0.25, 0.3) is 5.91 Å². The first-order chi connectivity index (χ1) is 16.0. The van der Waals surface area contributed by atoms with Gasteiger partial charge in [-0.15, -0.1) is 11.3 Å². The van der Waals surface area contributed by atoms with E-state index in [-0.39, 0.29) is 11.8 Å². The van der Waals surface area contributed by atoms with Gasteiger partial charge >= 0.3 is 0 Å². The number of thiazole rings is 1. The number of carbonyl (C=O) groups excluding carboxylic acids is 2. The number of aromatic nitrogens is 4. The van der Waals surface area contributed by atoms with Crippen LogP contribution in [0, 0.1) is 6.92 Å². The summed E-state index contributed by atoms with van der Waals surface area (Å²) in [6.07, 6.45) is 2.87. The number of anilines is 2. The minimum absolute atomic E-state index is 0.220. The third-order valence-electron chi connectivity index (χ3n) is 4.77. The van der Waals surface area contributed by atoms with Crippen molar-refractivity contribution < 1.29 is 14.3 Å². The third kappa shape index (κ3) is 5.80. The molecular formula is C23H22N6O3S. The number of amides is 2. The number of nitrogens with one attached hydrogen (secondary N) is 2. The molecule has 168 valence electrons. The Hall–Kier alpha value is -4.05. The van der Waals surface area contributed by atoms with Crippen molar-refractivity contribution >= 4 is 34.5 Å². The number of benzene rings is 2. The number of hydrogen-bond acceptors (Lipinski definition) is 7. The maximum atomic E-state index is 12.7. The molecule has 0 aliphatic heterocycles. The van der Waals surface area contributed by atoms with Crippen LogP contribution in [0.5, 0.6) is 5.75 Å². The van der Waals surface area contributed by atoms with Crippen LogP contribution in [0.15, 0.2) is 66.6 Å². The molecule has 4 rings (SSSR count). The zero-order valence-electron chi connectivity index (χ0n) is 18.1. The molecule has 33 heavy (non-hydrogen) atoms. The molecule has 2 aromatic heterocycles. The summed E-state index contributed by atoms with van der Waals surface area (Å²) in [5.74, 6) is 0.108. The van der Waals surface area contributed by atoms with Crippen molar-refractivity contribution in [2.45, 2.75) is 26.5 Å². The van der Waals surface area contributed by atoms with Crippen LogP contribution in [0.4, 0.5) is 11.4 Å². The van der Waals surface area contributed by atoms with Crippen molar-refractivity contribution in [3.8, 4) is 5.75 Å². The Bertz CT molecular complexity index is 1240. The first kappa shape index (κ1) is 22.2. The van der Waals surface area contributed by atoms with Crippen LogP contribution in [-0.4, -0.2) is 31.6 Å². The van der Waals surface area contributed by atoms with E-state index in [4.69, 9.17) is 4.74 Å². The Morgan fingerprint density at radius 2 is 1.88 bits per heavy atom. The van der Waals surface area contributed by atoms with Gasteiger partial charge in [-0.2, -0.15) is 5.10 Å². The molecule has 0 spiro atoms. The Balaban J connectivity index is 1.33. The highest BCUT2D eigenvalue weighted by Gasteiger charge is 2.15. The zero-order valence-corrected chi connectivity index (χ0v) is 18.9. The maximum absolute atomic E-state index is 12.7. The number of nitrogens with zero attached hydrogens (tertiary/aromatic N) is 4. The number of hydrogen-bond donors (Lipinski definition) is 2. The number of aryl methyl sites for hydroxylation is 1. The van der Waals surface area contributed by atoms with Gasteiger partial charge in [-0.1, -0.05) is 6.07 Å². The molecule has 0 bridgehead atoms. The Morgan fingerprint density at radius 3 is 2.55 bits per heavy atom. The molecular weight excluding hydrogens is 440 g/mol. The molecule has 0 saturated carbocycles. The van der Waals surface area contributed by atoms with E-state index in [1.165, 1.54) is 17.3 Å². The highest BCUT2D eigenvalue weighted by atomic mass is 32.1. The van der Waals surface area contributed by atoms with E-state index in [0.717, 1.165) is 10.7 Å². The third-order valence-corrected chi connectivity index (χ3v) is 5.60. The molecule has 0 aliphatic rings. The lowest BCUT2D eigenvalue weighted by Gasteiger charge is -2.12. The van der Waals surface area contributed by atoms with Crippen LogP contribution in [0.1, 0.15) is 34.0 Å². The second-order valence-corrected chi connectivity index (χ2v) is 8.31. The molecule has 10 heteroatoms. The molecule has 9 nitrogen and oxygen atoms in total. The minimum Gasteiger partial charge on any atom is -0.487 e. The van der Waals surface area contributed by atoms with Gasteiger partial charge < -0.3 is 15.4 Å². The molecule has 0 aliphatic carbocycles. The highest BCUT2D eigenvalue weighted by Crippen LogP contribution is 2.19. The first-order valence-corrected chi connectivity index (χ1v) is 11.1. The van der Waals surface area contributed by atoms with Gasteiger partial charge in [0.2, 0.25) is 5.91 Å². The molecule has 2 aromatic carbocycles. The van der Waals surface area contributed by atoms with Crippen molar-refractivity contribution in [2.75, 3.05) is 10.6 Å². The summed E-state index contributed by atoms with van der Waals surface area (Å²) in [5.41, 5.74) is 2.54. The van der Waals surface area contributed by atoms with E-state index in [9.17, 15) is 9.59 Å². The summed E-state index contributed by atoms with van der Waals surface area (Å²) >= 11 is 1.57. The van der Waals surface area contributed by atoms with Crippen LogP contribution in [-0.2, 0) is 11.4 Å². The average Bonchev–Trinajstić information content (AvgIpc) is 3.50. The van der Waals surface area contributed by atoms with Crippen molar-refractivity contribution in [3.05, 3.63) is 82.8 Å². The second-order valence-electron chi connectivity index (χ2n) is 7.25. The van der Waals surface area contributed by atoms with Crippen LogP contribution in [0.3, 0.4) is 0 Å². The average molecular weight is 463 g/mol. The Morgan fingerprint density at radius 1 is 1.12 bits per heavy atom. The Kier molecular flexibility index (Phi) is 6.75. The normalized spacial score (nSPS) is 11.6. The van der Waals surface area contributed by atoms with E-state index in [1.807, 2.05) is 12.3 Å². The SMILES string of the molecule is Cc1nc(COc2cccc(C(=O)Nc3ccc(NC(=O)C(C)n4cncn4)cc3)c2)cs1. The quantitative estimate of drug-likeness (QED) is 0.408. The standard InChI is InChI=1S/C23H22N6O3S/c1-15(29-14-24-13-25-29)22(30)27-18-6-8-19(9-7-18)28-23(31)17-4-3-5-21(10-17)32-11-20-12-33-16(2)26-20/h3-10,12-15H,11H2,1-2H3,(H,27,30)(H,28,31). The molecule has 0 saturated heterocycles. The van der Waals surface area contributed by atoms with Crippen LogP contribution < -0.4 is 15.4 Å². The first-order valence-electron chi connectivity index (χ1n) is 10.2. The van der Waals surface area contributed by atoms with Gasteiger partial charge in [0.1, 0.15) is 31.1 Å². The van der Waals surface area contributed by atoms with Crippen molar-refractivity contribution in [2.24, 2.45) is 0 Å². The van der Waals surface area contributed by atoms with Crippen molar-refractivity contribution in [3.63, 3.8) is 0 Å². The summed E-state index contributed by atoms with van der Waals surface area (Å²) in [6, 6.07) is 13.4. The molecule has 2 amide bonds. The fourth-order valence-corrected chi connectivity index (χ4v) is 3.58. The summed E-state index contributed by atoms with van der Waals surface area (Å²) < 4.78 is 7.23. The molecule has 4 aromatic rings. The van der Waals surface area contributed by atoms with E-state index < -0.39 is 6.04 Å². The zero-order chi connectivity index (χ0) is 23.2. The van der Waals surface area contributed by atoms with Crippen LogP contribution >= 0.6 is 11.3 Å². The molecule has 2 heterocycles. The van der Waals surface area contributed by atoms with Crippen molar-refractivity contribution in [1.82, 2.24) is 19.7 Å². The predicted molar refractivity (Wildman–Crippen MR) is 125 cm³/mol. The molecule has 2 N–H and O–H groups in total. The molecule has 0 radical (unpaired) electrons. The minimum atomic E-state index is -0.499. The molecule has 1 unspecified atom stereocenters. The lowest BCUT2D eigenvalue weighted by Crippen LogP contribution is -2.24. The number of rotatable bonds is 8. The smallest absolute Gasteiger partial charge is 0.255 e. The largest absolute Gasteiger partial charge is 0.487 e. The lowest BCUT2D eigenvalue weighted by atomic mass is 10.2. The van der Waals surface area contributed by atoms with Gasteiger partial charge in [0.05, 0.1) is 10.7 Å². The van der Waals surface area contributed by atoms with Crippen LogP contribution in [0.2, 0.25) is 0 Å². The summed E-state index contributed by atoms with van der Waals surface area (Å²) in [6.45, 7) is 4.02. The summed E-state index contributed by atoms with van der Waals surface area (Å²) in [5, 5.41) is 12.6. The maximum Gasteiger partial charge on any atom is 0.255 e. The monoisotopic (exact) mass is 462 g/mol. The summed E-state index contributed by atoms with van der Waals surface area (Å²) in [4.78, 5) is 33.2.